The molecule has 19 heavy (non-hydrogen) atoms. The van der Waals surface area contributed by atoms with Crippen molar-refractivity contribution in [3.05, 3.63) is 17.5 Å². The van der Waals surface area contributed by atoms with Crippen LogP contribution in [0.25, 0.3) is 0 Å². The van der Waals surface area contributed by atoms with Gasteiger partial charge in [0.15, 0.2) is 0 Å². The molecule has 1 aromatic rings. The molecule has 1 saturated carbocycles. The SMILES string of the molecule is CCn1nc(C)cc1CC(N)CCC1CCCCC1. The van der Waals surface area contributed by atoms with Crippen molar-refractivity contribution in [1.29, 1.82) is 0 Å². The molecule has 1 atom stereocenters. The summed E-state index contributed by atoms with van der Waals surface area (Å²) in [7, 11) is 0. The van der Waals surface area contributed by atoms with E-state index in [1.165, 1.54) is 50.6 Å². The summed E-state index contributed by atoms with van der Waals surface area (Å²) in [6.07, 6.45) is 10.6. The smallest absolute Gasteiger partial charge is 0.0596 e. The van der Waals surface area contributed by atoms with E-state index >= 15 is 0 Å². The summed E-state index contributed by atoms with van der Waals surface area (Å²) in [5.74, 6) is 0.942. The largest absolute Gasteiger partial charge is 0.327 e. The summed E-state index contributed by atoms with van der Waals surface area (Å²) in [5.41, 5.74) is 8.72. The standard InChI is InChI=1S/C16H29N3/c1-3-19-16(11-13(2)18-19)12-15(17)10-9-14-7-5-4-6-8-14/h11,14-15H,3-10,12,17H2,1-2H3. The molecule has 3 nitrogen and oxygen atoms in total. The van der Waals surface area contributed by atoms with Crippen LogP contribution in [0.4, 0.5) is 0 Å². The molecule has 0 aliphatic heterocycles. The van der Waals surface area contributed by atoms with Crippen molar-refractivity contribution >= 4 is 0 Å². The number of aromatic nitrogens is 2. The van der Waals surface area contributed by atoms with E-state index in [0.29, 0.717) is 6.04 Å². The Balaban J connectivity index is 1.78. The van der Waals surface area contributed by atoms with E-state index in [9.17, 15) is 0 Å². The van der Waals surface area contributed by atoms with Crippen LogP contribution in [0.2, 0.25) is 0 Å². The highest BCUT2D eigenvalue weighted by atomic mass is 15.3. The number of nitrogens with zero attached hydrogens (tertiary/aromatic N) is 2. The summed E-state index contributed by atoms with van der Waals surface area (Å²) in [6.45, 7) is 5.14. The third-order valence-electron chi connectivity index (χ3n) is 4.43. The minimum atomic E-state index is 0.295. The predicted molar refractivity (Wildman–Crippen MR) is 80.1 cm³/mol. The molecular formula is C16H29N3. The highest BCUT2D eigenvalue weighted by molar-refractivity contribution is 5.10. The summed E-state index contributed by atoms with van der Waals surface area (Å²) in [4.78, 5) is 0. The zero-order valence-electron chi connectivity index (χ0n) is 12.6. The van der Waals surface area contributed by atoms with E-state index < -0.39 is 0 Å². The highest BCUT2D eigenvalue weighted by Crippen LogP contribution is 2.27. The Hall–Kier alpha value is -0.830. The maximum absolute atomic E-state index is 6.31. The van der Waals surface area contributed by atoms with Crippen molar-refractivity contribution in [3.8, 4) is 0 Å². The fourth-order valence-electron chi connectivity index (χ4n) is 3.33. The molecule has 1 unspecified atom stereocenters. The Morgan fingerprint density at radius 2 is 2.11 bits per heavy atom. The molecule has 0 saturated heterocycles. The fraction of sp³-hybridized carbons (Fsp3) is 0.812. The zero-order chi connectivity index (χ0) is 13.7. The molecule has 0 spiro atoms. The van der Waals surface area contributed by atoms with Gasteiger partial charge in [-0.1, -0.05) is 32.1 Å². The van der Waals surface area contributed by atoms with Crippen LogP contribution < -0.4 is 5.73 Å². The third-order valence-corrected chi connectivity index (χ3v) is 4.43. The summed E-state index contributed by atoms with van der Waals surface area (Å²) < 4.78 is 2.09. The van der Waals surface area contributed by atoms with E-state index in [2.05, 4.69) is 29.7 Å². The Labute approximate surface area is 117 Å². The van der Waals surface area contributed by atoms with Crippen molar-refractivity contribution in [1.82, 2.24) is 9.78 Å². The van der Waals surface area contributed by atoms with E-state index in [-0.39, 0.29) is 0 Å². The van der Waals surface area contributed by atoms with Crippen molar-refractivity contribution in [2.45, 2.75) is 77.8 Å². The maximum atomic E-state index is 6.31. The Kier molecular flexibility index (Phi) is 5.44. The lowest BCUT2D eigenvalue weighted by molar-refractivity contribution is 0.322. The average molecular weight is 263 g/mol. The Bertz CT molecular complexity index is 377. The molecule has 2 rings (SSSR count). The molecule has 1 heterocycles. The monoisotopic (exact) mass is 263 g/mol. The van der Waals surface area contributed by atoms with Gasteiger partial charge in [-0.3, -0.25) is 4.68 Å². The third kappa shape index (κ3) is 4.34. The Morgan fingerprint density at radius 1 is 1.37 bits per heavy atom. The highest BCUT2D eigenvalue weighted by Gasteiger charge is 2.16. The normalized spacial score (nSPS) is 18.7. The van der Waals surface area contributed by atoms with Gasteiger partial charge in [-0.25, -0.2) is 0 Å². The van der Waals surface area contributed by atoms with Crippen LogP contribution in [-0.4, -0.2) is 15.8 Å². The van der Waals surface area contributed by atoms with Gasteiger partial charge >= 0.3 is 0 Å². The van der Waals surface area contributed by atoms with Crippen molar-refractivity contribution < 1.29 is 0 Å². The molecule has 0 bridgehead atoms. The number of aryl methyl sites for hydroxylation is 2. The Morgan fingerprint density at radius 3 is 2.79 bits per heavy atom. The quantitative estimate of drug-likeness (QED) is 0.854. The second kappa shape index (κ2) is 7.09. The van der Waals surface area contributed by atoms with Gasteiger partial charge in [0.25, 0.3) is 0 Å². The number of hydrogen-bond acceptors (Lipinski definition) is 2. The van der Waals surface area contributed by atoms with Gasteiger partial charge in [0, 0.05) is 24.7 Å². The first-order valence-electron chi connectivity index (χ1n) is 7.98. The van der Waals surface area contributed by atoms with Gasteiger partial charge < -0.3 is 5.73 Å². The molecule has 108 valence electrons. The topological polar surface area (TPSA) is 43.8 Å². The van der Waals surface area contributed by atoms with Crippen LogP contribution in [0.15, 0.2) is 6.07 Å². The molecule has 1 aliphatic rings. The summed E-state index contributed by atoms with van der Waals surface area (Å²) in [6, 6.07) is 2.48. The van der Waals surface area contributed by atoms with Crippen LogP contribution >= 0.6 is 0 Å². The molecule has 1 aromatic heterocycles. The lowest BCUT2D eigenvalue weighted by Crippen LogP contribution is -2.25. The fourth-order valence-corrected chi connectivity index (χ4v) is 3.33. The van der Waals surface area contributed by atoms with Crippen molar-refractivity contribution in [2.75, 3.05) is 0 Å². The van der Waals surface area contributed by atoms with Gasteiger partial charge in [-0.2, -0.15) is 5.10 Å². The van der Waals surface area contributed by atoms with Crippen LogP contribution in [0.3, 0.4) is 0 Å². The molecule has 1 aliphatic carbocycles. The molecule has 3 heteroatoms. The lowest BCUT2D eigenvalue weighted by atomic mass is 9.85. The second-order valence-electron chi connectivity index (χ2n) is 6.14. The summed E-state index contributed by atoms with van der Waals surface area (Å²) in [5, 5.41) is 4.49. The van der Waals surface area contributed by atoms with Crippen molar-refractivity contribution in [2.24, 2.45) is 11.7 Å². The van der Waals surface area contributed by atoms with Crippen LogP contribution in [0.1, 0.15) is 63.3 Å². The van der Waals surface area contributed by atoms with Gasteiger partial charge in [0.2, 0.25) is 0 Å². The lowest BCUT2D eigenvalue weighted by Gasteiger charge is -2.23. The molecular weight excluding hydrogens is 234 g/mol. The molecule has 0 amide bonds. The van der Waals surface area contributed by atoms with E-state index in [4.69, 9.17) is 5.73 Å². The van der Waals surface area contributed by atoms with Crippen LogP contribution in [-0.2, 0) is 13.0 Å². The van der Waals surface area contributed by atoms with Gasteiger partial charge in [0.05, 0.1) is 5.69 Å². The van der Waals surface area contributed by atoms with Crippen LogP contribution in [0.5, 0.6) is 0 Å². The first-order valence-corrected chi connectivity index (χ1v) is 7.98. The molecule has 0 radical (unpaired) electrons. The van der Waals surface area contributed by atoms with E-state index in [1.807, 2.05) is 0 Å². The maximum Gasteiger partial charge on any atom is 0.0596 e. The molecule has 2 N–H and O–H groups in total. The van der Waals surface area contributed by atoms with E-state index in [1.54, 1.807) is 0 Å². The summed E-state index contributed by atoms with van der Waals surface area (Å²) >= 11 is 0. The number of rotatable bonds is 6. The minimum absolute atomic E-state index is 0.295. The molecule has 1 fully saturated rings. The zero-order valence-corrected chi connectivity index (χ0v) is 12.6. The average Bonchev–Trinajstić information content (AvgIpc) is 2.77. The molecule has 0 aromatic carbocycles. The number of nitrogens with two attached hydrogens (primary N) is 1. The number of hydrogen-bond donors (Lipinski definition) is 1. The van der Waals surface area contributed by atoms with E-state index in [0.717, 1.165) is 24.6 Å². The van der Waals surface area contributed by atoms with Crippen molar-refractivity contribution in [3.63, 3.8) is 0 Å². The second-order valence-corrected chi connectivity index (χ2v) is 6.14. The van der Waals surface area contributed by atoms with Gasteiger partial charge in [-0.05, 0) is 38.7 Å². The first kappa shape index (κ1) is 14.6. The first-order chi connectivity index (χ1) is 9.19. The van der Waals surface area contributed by atoms with Gasteiger partial charge in [-0.15, -0.1) is 0 Å². The van der Waals surface area contributed by atoms with Gasteiger partial charge in [0.1, 0.15) is 0 Å². The predicted octanol–water partition coefficient (Wildman–Crippen LogP) is 3.44. The minimum Gasteiger partial charge on any atom is -0.327 e. The van der Waals surface area contributed by atoms with Crippen LogP contribution in [0, 0.1) is 12.8 Å².